The second-order valence-electron chi connectivity index (χ2n) is 6.85. The molecular formula is C18H40IN5O2. The number of nitrogens with one attached hydrogen (secondary N) is 3. The van der Waals surface area contributed by atoms with E-state index in [9.17, 15) is 4.79 Å². The van der Waals surface area contributed by atoms with Crippen LogP contribution in [-0.4, -0.2) is 68.4 Å². The summed E-state index contributed by atoms with van der Waals surface area (Å²) in [6.45, 7) is 18.2. The number of guanidine groups is 1. The van der Waals surface area contributed by atoms with Crippen molar-refractivity contribution in [2.75, 3.05) is 45.8 Å². The first-order valence-corrected chi connectivity index (χ1v) is 9.53. The molecule has 0 aliphatic carbocycles. The lowest BCUT2D eigenvalue weighted by Gasteiger charge is -2.19. The highest BCUT2D eigenvalue weighted by Crippen LogP contribution is 2.06. The molecule has 156 valence electrons. The number of alkyl carbamates (subject to hydrolysis) is 1. The van der Waals surface area contributed by atoms with Crippen LogP contribution in [0.2, 0.25) is 0 Å². The van der Waals surface area contributed by atoms with Gasteiger partial charge in [0.2, 0.25) is 0 Å². The van der Waals surface area contributed by atoms with E-state index in [1.807, 2.05) is 20.8 Å². The normalized spacial score (nSPS) is 11.7. The summed E-state index contributed by atoms with van der Waals surface area (Å²) in [6, 6.07) is 0. The standard InChI is InChI=1S/C18H39N5O2.HI/c1-7-19-16(21-14-11-15-23(8-2)9-3)20-12-10-13-22-17(24)25-18(4,5)6;/h7-15H2,1-6H3,(H,22,24)(H2,19,20,21);1H. The summed E-state index contributed by atoms with van der Waals surface area (Å²) >= 11 is 0. The van der Waals surface area contributed by atoms with Crippen LogP contribution < -0.4 is 16.0 Å². The molecule has 0 bridgehead atoms. The van der Waals surface area contributed by atoms with Crippen LogP contribution in [0.15, 0.2) is 4.99 Å². The minimum Gasteiger partial charge on any atom is -0.444 e. The number of halogens is 1. The minimum atomic E-state index is -0.463. The Hall–Kier alpha value is -0.770. The van der Waals surface area contributed by atoms with Gasteiger partial charge in [-0.25, -0.2) is 4.79 Å². The van der Waals surface area contributed by atoms with E-state index in [-0.39, 0.29) is 30.1 Å². The molecule has 0 spiro atoms. The topological polar surface area (TPSA) is 78.0 Å². The van der Waals surface area contributed by atoms with Gasteiger partial charge in [-0.3, -0.25) is 4.99 Å². The fourth-order valence-corrected chi connectivity index (χ4v) is 2.17. The van der Waals surface area contributed by atoms with Crippen LogP contribution >= 0.6 is 24.0 Å². The third kappa shape index (κ3) is 16.7. The average Bonchev–Trinajstić information content (AvgIpc) is 2.52. The van der Waals surface area contributed by atoms with E-state index in [1.54, 1.807) is 0 Å². The van der Waals surface area contributed by atoms with Crippen molar-refractivity contribution in [2.45, 2.75) is 60.0 Å². The van der Waals surface area contributed by atoms with Crippen molar-refractivity contribution < 1.29 is 9.53 Å². The predicted molar refractivity (Wildman–Crippen MR) is 121 cm³/mol. The van der Waals surface area contributed by atoms with Gasteiger partial charge in [-0.1, -0.05) is 13.8 Å². The second kappa shape index (κ2) is 16.4. The Morgan fingerprint density at radius 3 is 2.15 bits per heavy atom. The van der Waals surface area contributed by atoms with Crippen LogP contribution in [0.3, 0.4) is 0 Å². The van der Waals surface area contributed by atoms with Crippen molar-refractivity contribution in [3.8, 4) is 0 Å². The maximum atomic E-state index is 11.5. The zero-order valence-electron chi connectivity index (χ0n) is 17.5. The molecule has 0 saturated carbocycles. The molecule has 0 fully saturated rings. The number of amides is 1. The van der Waals surface area contributed by atoms with Crippen molar-refractivity contribution in [1.82, 2.24) is 20.9 Å². The molecule has 0 radical (unpaired) electrons. The summed E-state index contributed by atoms with van der Waals surface area (Å²) in [5.41, 5.74) is -0.463. The van der Waals surface area contributed by atoms with E-state index in [1.165, 1.54) is 0 Å². The van der Waals surface area contributed by atoms with Gasteiger partial charge in [0.15, 0.2) is 5.96 Å². The molecule has 7 nitrogen and oxygen atoms in total. The first-order chi connectivity index (χ1) is 11.8. The van der Waals surface area contributed by atoms with E-state index in [4.69, 9.17) is 4.74 Å². The second-order valence-corrected chi connectivity index (χ2v) is 6.85. The summed E-state index contributed by atoms with van der Waals surface area (Å²) in [4.78, 5) is 18.5. The summed E-state index contributed by atoms with van der Waals surface area (Å²) < 4.78 is 5.19. The van der Waals surface area contributed by atoms with Crippen molar-refractivity contribution in [1.29, 1.82) is 0 Å². The van der Waals surface area contributed by atoms with Crippen LogP contribution in [0.4, 0.5) is 4.79 Å². The number of carbonyl (C=O) groups is 1. The van der Waals surface area contributed by atoms with Gasteiger partial charge in [0.1, 0.15) is 5.60 Å². The predicted octanol–water partition coefficient (Wildman–Crippen LogP) is 2.81. The number of nitrogens with zero attached hydrogens (tertiary/aromatic N) is 2. The molecule has 3 N–H and O–H groups in total. The molecule has 1 amide bonds. The molecule has 0 unspecified atom stereocenters. The largest absolute Gasteiger partial charge is 0.444 e. The summed E-state index contributed by atoms with van der Waals surface area (Å²) in [6.07, 6.45) is 1.49. The number of rotatable bonds is 11. The van der Waals surface area contributed by atoms with Crippen molar-refractivity contribution >= 4 is 36.0 Å². The minimum absolute atomic E-state index is 0. The van der Waals surface area contributed by atoms with Gasteiger partial charge < -0.3 is 25.6 Å². The van der Waals surface area contributed by atoms with E-state index < -0.39 is 5.60 Å². The zero-order valence-corrected chi connectivity index (χ0v) is 19.8. The highest BCUT2D eigenvalue weighted by Gasteiger charge is 2.15. The van der Waals surface area contributed by atoms with Crippen molar-refractivity contribution in [3.05, 3.63) is 0 Å². The molecule has 26 heavy (non-hydrogen) atoms. The molecule has 0 aromatic carbocycles. The highest BCUT2D eigenvalue weighted by atomic mass is 127. The maximum absolute atomic E-state index is 11.5. The molecular weight excluding hydrogens is 445 g/mol. The quantitative estimate of drug-likeness (QED) is 0.182. The van der Waals surface area contributed by atoms with Gasteiger partial charge in [0.25, 0.3) is 0 Å². The average molecular weight is 485 g/mol. The lowest BCUT2D eigenvalue weighted by Crippen LogP contribution is -2.39. The van der Waals surface area contributed by atoms with Gasteiger partial charge in [-0.15, -0.1) is 24.0 Å². The van der Waals surface area contributed by atoms with E-state index in [0.717, 1.165) is 51.5 Å². The Morgan fingerprint density at radius 1 is 1.00 bits per heavy atom. The smallest absolute Gasteiger partial charge is 0.407 e. The molecule has 0 saturated heterocycles. The first-order valence-electron chi connectivity index (χ1n) is 9.53. The lowest BCUT2D eigenvalue weighted by molar-refractivity contribution is 0.0527. The Kier molecular flexibility index (Phi) is 17.3. The molecule has 0 aliphatic heterocycles. The first kappa shape index (κ1) is 27.4. The number of carbonyl (C=O) groups excluding carboxylic acids is 1. The van der Waals surface area contributed by atoms with Crippen LogP contribution in [0.1, 0.15) is 54.4 Å². The Morgan fingerprint density at radius 2 is 1.62 bits per heavy atom. The van der Waals surface area contributed by atoms with Gasteiger partial charge in [0.05, 0.1) is 0 Å². The Balaban J connectivity index is 0. The van der Waals surface area contributed by atoms with Gasteiger partial charge in [-0.2, -0.15) is 0 Å². The SMILES string of the molecule is CCNC(=NCCCNC(=O)OC(C)(C)C)NCCCN(CC)CC.I. The molecule has 0 atom stereocenters. The fourth-order valence-electron chi connectivity index (χ4n) is 2.17. The monoisotopic (exact) mass is 485 g/mol. The number of hydrogen-bond donors (Lipinski definition) is 3. The fraction of sp³-hybridized carbons (Fsp3) is 0.889. The van der Waals surface area contributed by atoms with E-state index >= 15 is 0 Å². The van der Waals surface area contributed by atoms with Crippen LogP contribution in [0.25, 0.3) is 0 Å². The third-order valence-electron chi connectivity index (χ3n) is 3.46. The molecule has 0 aromatic heterocycles. The lowest BCUT2D eigenvalue weighted by atomic mass is 10.2. The number of hydrogen-bond acceptors (Lipinski definition) is 4. The van der Waals surface area contributed by atoms with Crippen molar-refractivity contribution in [2.24, 2.45) is 4.99 Å². The maximum Gasteiger partial charge on any atom is 0.407 e. The third-order valence-corrected chi connectivity index (χ3v) is 3.46. The Labute approximate surface area is 177 Å². The van der Waals surface area contributed by atoms with Crippen molar-refractivity contribution in [3.63, 3.8) is 0 Å². The van der Waals surface area contributed by atoms with E-state index in [0.29, 0.717) is 13.1 Å². The molecule has 0 rings (SSSR count). The van der Waals surface area contributed by atoms with Crippen LogP contribution in [0, 0.1) is 0 Å². The summed E-state index contributed by atoms with van der Waals surface area (Å²) in [7, 11) is 0. The number of ether oxygens (including phenoxy) is 1. The molecule has 0 aliphatic rings. The van der Waals surface area contributed by atoms with Crippen LogP contribution in [-0.2, 0) is 4.74 Å². The van der Waals surface area contributed by atoms with Gasteiger partial charge in [0, 0.05) is 26.2 Å². The number of aliphatic imine (C=N–C) groups is 1. The zero-order chi connectivity index (χ0) is 19.1. The van der Waals surface area contributed by atoms with Gasteiger partial charge in [-0.05, 0) is 60.2 Å². The summed E-state index contributed by atoms with van der Waals surface area (Å²) in [5, 5.41) is 9.34. The molecule has 0 heterocycles. The van der Waals surface area contributed by atoms with Crippen LogP contribution in [0.5, 0.6) is 0 Å². The van der Waals surface area contributed by atoms with Gasteiger partial charge >= 0.3 is 6.09 Å². The highest BCUT2D eigenvalue weighted by molar-refractivity contribution is 14.0. The summed E-state index contributed by atoms with van der Waals surface area (Å²) in [5.74, 6) is 0.833. The molecule has 0 aromatic rings. The Bertz CT molecular complexity index is 382. The molecule has 8 heteroatoms. The van der Waals surface area contributed by atoms with E-state index in [2.05, 4.69) is 46.6 Å².